The molecular formula is C13H22N2O2. The number of carbonyl (C=O) groups is 1. The van der Waals surface area contributed by atoms with Gasteiger partial charge in [-0.2, -0.15) is 5.10 Å². The third kappa shape index (κ3) is 3.16. The van der Waals surface area contributed by atoms with E-state index in [0.29, 0.717) is 18.6 Å². The number of carbonyl (C=O) groups excluding carboxylic acids is 1. The SMILES string of the molecule is CCCn1cc(C(=O)C(C)(CC)OCC)cn1. The number of hydrogen-bond donors (Lipinski definition) is 0. The Balaban J connectivity index is 2.86. The van der Waals surface area contributed by atoms with Gasteiger partial charge in [0, 0.05) is 19.3 Å². The van der Waals surface area contributed by atoms with Gasteiger partial charge in [-0.1, -0.05) is 13.8 Å². The highest BCUT2D eigenvalue weighted by Crippen LogP contribution is 2.21. The van der Waals surface area contributed by atoms with Crippen LogP contribution >= 0.6 is 0 Å². The molecule has 96 valence electrons. The molecule has 1 atom stereocenters. The third-order valence-corrected chi connectivity index (χ3v) is 2.97. The molecule has 1 unspecified atom stereocenters. The van der Waals surface area contributed by atoms with Gasteiger partial charge < -0.3 is 4.74 Å². The van der Waals surface area contributed by atoms with Crippen molar-refractivity contribution < 1.29 is 9.53 Å². The van der Waals surface area contributed by atoms with Crippen molar-refractivity contribution in [2.24, 2.45) is 0 Å². The molecule has 1 aromatic heterocycles. The Hall–Kier alpha value is -1.16. The Morgan fingerprint density at radius 3 is 2.71 bits per heavy atom. The van der Waals surface area contributed by atoms with Crippen LogP contribution in [0, 0.1) is 0 Å². The lowest BCUT2D eigenvalue weighted by Crippen LogP contribution is -2.37. The van der Waals surface area contributed by atoms with E-state index in [4.69, 9.17) is 4.74 Å². The molecule has 0 aliphatic rings. The number of aryl methyl sites for hydroxylation is 1. The summed E-state index contributed by atoms with van der Waals surface area (Å²) in [4.78, 5) is 12.3. The molecule has 0 aromatic carbocycles. The lowest BCUT2D eigenvalue weighted by molar-refractivity contribution is -0.0116. The molecule has 4 heteroatoms. The predicted molar refractivity (Wildman–Crippen MR) is 67.2 cm³/mol. The highest BCUT2D eigenvalue weighted by atomic mass is 16.5. The Kier molecular flexibility index (Phi) is 4.87. The second-order valence-corrected chi connectivity index (χ2v) is 4.34. The number of hydrogen-bond acceptors (Lipinski definition) is 3. The van der Waals surface area contributed by atoms with E-state index in [1.807, 2.05) is 20.8 Å². The minimum atomic E-state index is -0.727. The number of ether oxygens (including phenoxy) is 1. The van der Waals surface area contributed by atoms with Crippen LogP contribution in [0.4, 0.5) is 0 Å². The second-order valence-electron chi connectivity index (χ2n) is 4.34. The largest absolute Gasteiger partial charge is 0.367 e. The van der Waals surface area contributed by atoms with Gasteiger partial charge in [0.25, 0.3) is 0 Å². The Bertz CT molecular complexity index is 373. The van der Waals surface area contributed by atoms with Gasteiger partial charge in [0.1, 0.15) is 5.60 Å². The summed E-state index contributed by atoms with van der Waals surface area (Å²) in [5.41, 5.74) is -0.0919. The second kappa shape index (κ2) is 5.96. The summed E-state index contributed by atoms with van der Waals surface area (Å²) >= 11 is 0. The number of rotatable bonds is 7. The smallest absolute Gasteiger partial charge is 0.197 e. The molecule has 0 radical (unpaired) electrons. The van der Waals surface area contributed by atoms with E-state index < -0.39 is 5.60 Å². The maximum atomic E-state index is 12.3. The van der Waals surface area contributed by atoms with E-state index in [2.05, 4.69) is 12.0 Å². The van der Waals surface area contributed by atoms with Crippen molar-refractivity contribution in [3.63, 3.8) is 0 Å². The molecule has 1 heterocycles. The highest BCUT2D eigenvalue weighted by molar-refractivity contribution is 6.01. The lowest BCUT2D eigenvalue weighted by atomic mass is 9.94. The topological polar surface area (TPSA) is 44.1 Å². The molecule has 1 rings (SSSR count). The van der Waals surface area contributed by atoms with Crippen LogP contribution in [-0.4, -0.2) is 27.8 Å². The Labute approximate surface area is 103 Å². The van der Waals surface area contributed by atoms with Gasteiger partial charge in [0.15, 0.2) is 5.78 Å². The van der Waals surface area contributed by atoms with Crippen molar-refractivity contribution in [1.29, 1.82) is 0 Å². The van der Waals surface area contributed by atoms with Crippen LogP contribution in [0.15, 0.2) is 12.4 Å². The van der Waals surface area contributed by atoms with Crippen molar-refractivity contribution in [2.75, 3.05) is 6.61 Å². The summed E-state index contributed by atoms with van der Waals surface area (Å²) in [6.45, 7) is 9.17. The Morgan fingerprint density at radius 2 is 2.18 bits per heavy atom. The first kappa shape index (κ1) is 13.9. The molecule has 0 aliphatic carbocycles. The zero-order valence-electron chi connectivity index (χ0n) is 11.2. The molecule has 1 aromatic rings. The molecule has 0 amide bonds. The molecule has 0 aliphatic heterocycles. The maximum absolute atomic E-state index is 12.3. The fourth-order valence-corrected chi connectivity index (χ4v) is 1.78. The van der Waals surface area contributed by atoms with Crippen molar-refractivity contribution in [2.45, 2.75) is 52.7 Å². The van der Waals surface area contributed by atoms with Crippen LogP contribution < -0.4 is 0 Å². The average Bonchev–Trinajstić information content (AvgIpc) is 2.77. The highest BCUT2D eigenvalue weighted by Gasteiger charge is 2.33. The van der Waals surface area contributed by atoms with E-state index in [9.17, 15) is 4.79 Å². The molecule has 17 heavy (non-hydrogen) atoms. The van der Waals surface area contributed by atoms with Gasteiger partial charge in [-0.05, 0) is 26.7 Å². The average molecular weight is 238 g/mol. The quantitative estimate of drug-likeness (QED) is 0.686. The number of nitrogens with zero attached hydrogens (tertiary/aromatic N) is 2. The van der Waals surface area contributed by atoms with Crippen LogP contribution in [0.2, 0.25) is 0 Å². The van der Waals surface area contributed by atoms with Crippen molar-refractivity contribution in [1.82, 2.24) is 9.78 Å². The first-order valence-electron chi connectivity index (χ1n) is 6.28. The van der Waals surface area contributed by atoms with E-state index >= 15 is 0 Å². The van der Waals surface area contributed by atoms with Gasteiger partial charge in [-0.3, -0.25) is 9.48 Å². The van der Waals surface area contributed by atoms with E-state index in [0.717, 1.165) is 13.0 Å². The molecule has 0 bridgehead atoms. The van der Waals surface area contributed by atoms with Crippen LogP contribution in [0.3, 0.4) is 0 Å². The summed E-state index contributed by atoms with van der Waals surface area (Å²) in [7, 11) is 0. The van der Waals surface area contributed by atoms with Crippen molar-refractivity contribution >= 4 is 5.78 Å². The third-order valence-electron chi connectivity index (χ3n) is 2.97. The molecule has 0 saturated carbocycles. The fraction of sp³-hybridized carbons (Fsp3) is 0.692. The summed E-state index contributed by atoms with van der Waals surface area (Å²) in [6, 6.07) is 0. The van der Waals surface area contributed by atoms with Gasteiger partial charge in [0.05, 0.1) is 11.8 Å². The van der Waals surface area contributed by atoms with E-state index in [-0.39, 0.29) is 5.78 Å². The van der Waals surface area contributed by atoms with Crippen LogP contribution in [0.25, 0.3) is 0 Å². The minimum Gasteiger partial charge on any atom is -0.367 e. The zero-order valence-corrected chi connectivity index (χ0v) is 11.2. The van der Waals surface area contributed by atoms with Gasteiger partial charge in [-0.15, -0.1) is 0 Å². The molecular weight excluding hydrogens is 216 g/mol. The van der Waals surface area contributed by atoms with E-state index in [1.54, 1.807) is 17.1 Å². The molecule has 4 nitrogen and oxygen atoms in total. The normalized spacial score (nSPS) is 14.6. The summed E-state index contributed by atoms with van der Waals surface area (Å²) < 4.78 is 7.38. The minimum absolute atomic E-state index is 0.0178. The fourth-order valence-electron chi connectivity index (χ4n) is 1.78. The standard InChI is InChI=1S/C13H22N2O2/c1-5-8-15-10-11(9-14-15)12(16)13(4,6-2)17-7-3/h9-10H,5-8H2,1-4H3. The molecule has 0 saturated heterocycles. The van der Waals surface area contributed by atoms with Gasteiger partial charge in [-0.25, -0.2) is 0 Å². The lowest BCUT2D eigenvalue weighted by Gasteiger charge is -2.25. The Morgan fingerprint density at radius 1 is 1.47 bits per heavy atom. The first-order valence-corrected chi connectivity index (χ1v) is 6.28. The van der Waals surface area contributed by atoms with Crippen molar-refractivity contribution in [3.8, 4) is 0 Å². The van der Waals surface area contributed by atoms with Crippen LogP contribution in [0.1, 0.15) is 50.9 Å². The monoisotopic (exact) mass is 238 g/mol. The number of aromatic nitrogens is 2. The van der Waals surface area contributed by atoms with Gasteiger partial charge >= 0.3 is 0 Å². The summed E-state index contributed by atoms with van der Waals surface area (Å²) in [5.74, 6) is 0.0178. The number of Topliss-reactive ketones (excluding diaryl/α,β-unsaturated/α-hetero) is 1. The van der Waals surface area contributed by atoms with Crippen LogP contribution in [-0.2, 0) is 11.3 Å². The predicted octanol–water partition coefficient (Wildman–Crippen LogP) is 2.68. The zero-order chi connectivity index (χ0) is 12.9. The molecule has 0 N–H and O–H groups in total. The van der Waals surface area contributed by atoms with Gasteiger partial charge in [0.2, 0.25) is 0 Å². The summed E-state index contributed by atoms with van der Waals surface area (Å²) in [5, 5.41) is 4.18. The molecule has 0 spiro atoms. The first-order chi connectivity index (χ1) is 8.07. The van der Waals surface area contributed by atoms with Crippen molar-refractivity contribution in [3.05, 3.63) is 18.0 Å². The van der Waals surface area contributed by atoms with Crippen LogP contribution in [0.5, 0.6) is 0 Å². The number of ketones is 1. The van der Waals surface area contributed by atoms with E-state index in [1.165, 1.54) is 0 Å². The molecule has 0 fully saturated rings. The summed E-state index contributed by atoms with van der Waals surface area (Å²) in [6.07, 6.45) is 5.11. The maximum Gasteiger partial charge on any atom is 0.197 e.